The molecule has 1 N–H and O–H groups in total. The monoisotopic (exact) mass is 427 g/mol. The van der Waals surface area contributed by atoms with Gasteiger partial charge in [0.25, 0.3) is 0 Å². The van der Waals surface area contributed by atoms with Crippen LogP contribution in [-0.4, -0.2) is 84.1 Å². The highest BCUT2D eigenvalue weighted by atomic mass is 32.2. The van der Waals surface area contributed by atoms with Gasteiger partial charge < -0.3 is 15.0 Å². The number of ether oxygens (including phenoxy) is 1. The normalized spacial score (nSPS) is 16.9. The number of carbonyl (C=O) groups is 2. The molecule has 2 aromatic rings. The molecule has 1 fully saturated rings. The maximum Gasteiger partial charge on any atom is 0.246 e. The van der Waals surface area contributed by atoms with Crippen molar-refractivity contribution in [1.29, 1.82) is 0 Å². The van der Waals surface area contributed by atoms with E-state index in [0.29, 0.717) is 11.0 Å². The van der Waals surface area contributed by atoms with Gasteiger partial charge in [0, 0.05) is 33.3 Å². The van der Waals surface area contributed by atoms with Crippen molar-refractivity contribution in [2.45, 2.75) is 17.9 Å². The molecule has 1 aliphatic rings. The van der Waals surface area contributed by atoms with Crippen molar-refractivity contribution in [2.24, 2.45) is 0 Å². The number of rotatable bonds is 6. The first-order chi connectivity index (χ1) is 13.3. The summed E-state index contributed by atoms with van der Waals surface area (Å²) in [4.78, 5) is 25.7. The van der Waals surface area contributed by atoms with E-state index in [4.69, 9.17) is 4.74 Å². The third-order valence-corrected chi connectivity index (χ3v) is 6.91. The van der Waals surface area contributed by atoms with Gasteiger partial charge in [-0.15, -0.1) is 0 Å². The van der Waals surface area contributed by atoms with E-state index in [-0.39, 0.29) is 49.5 Å². The number of nitrogens with one attached hydrogen (secondary N) is 1. The Kier molecular flexibility index (Phi) is 6.23. The lowest BCUT2D eigenvalue weighted by Crippen LogP contribution is -2.55. The SMILES string of the molecule is COCC(=O)N[C@@H](C)C(=O)N1CCN(S(=O)(=O)c2cccc3nsnc23)CC1. The zero-order valence-corrected chi connectivity index (χ0v) is 17.1. The lowest BCUT2D eigenvalue weighted by molar-refractivity contribution is -0.137. The van der Waals surface area contributed by atoms with Crippen molar-refractivity contribution < 1.29 is 22.7 Å². The quantitative estimate of drug-likeness (QED) is 0.670. The number of piperazine rings is 1. The van der Waals surface area contributed by atoms with E-state index in [1.807, 2.05) is 0 Å². The minimum atomic E-state index is -3.74. The Balaban J connectivity index is 1.65. The number of benzene rings is 1. The van der Waals surface area contributed by atoms with Crippen molar-refractivity contribution in [3.05, 3.63) is 18.2 Å². The summed E-state index contributed by atoms with van der Waals surface area (Å²) in [5.41, 5.74) is 0.904. The third-order valence-electron chi connectivity index (χ3n) is 4.44. The second-order valence-electron chi connectivity index (χ2n) is 6.34. The topological polar surface area (TPSA) is 122 Å². The smallest absolute Gasteiger partial charge is 0.246 e. The van der Waals surface area contributed by atoms with E-state index in [9.17, 15) is 18.0 Å². The molecule has 0 aliphatic carbocycles. The molecule has 0 saturated carbocycles. The fourth-order valence-corrected chi connectivity index (χ4v) is 5.20. The largest absolute Gasteiger partial charge is 0.375 e. The van der Waals surface area contributed by atoms with Crippen LogP contribution in [0.2, 0.25) is 0 Å². The van der Waals surface area contributed by atoms with Gasteiger partial charge in [-0.05, 0) is 19.1 Å². The molecule has 0 bridgehead atoms. The van der Waals surface area contributed by atoms with Crippen molar-refractivity contribution in [1.82, 2.24) is 23.3 Å². The summed E-state index contributed by atoms with van der Waals surface area (Å²) in [6.07, 6.45) is 0. The highest BCUT2D eigenvalue weighted by Crippen LogP contribution is 2.25. The van der Waals surface area contributed by atoms with Gasteiger partial charge >= 0.3 is 0 Å². The van der Waals surface area contributed by atoms with Crippen molar-refractivity contribution in [2.75, 3.05) is 39.9 Å². The van der Waals surface area contributed by atoms with Gasteiger partial charge in [0.1, 0.15) is 28.6 Å². The van der Waals surface area contributed by atoms with Crippen LogP contribution in [0.4, 0.5) is 0 Å². The molecule has 1 saturated heterocycles. The van der Waals surface area contributed by atoms with Crippen LogP contribution >= 0.6 is 11.7 Å². The Labute approximate surface area is 166 Å². The highest BCUT2D eigenvalue weighted by molar-refractivity contribution is 7.89. The molecule has 2 heterocycles. The number of aromatic nitrogens is 2. The molecule has 0 radical (unpaired) electrons. The summed E-state index contributed by atoms with van der Waals surface area (Å²) < 4.78 is 40.3. The number of hydrogen-bond acceptors (Lipinski definition) is 8. The Morgan fingerprint density at radius 2 is 1.96 bits per heavy atom. The number of sulfonamides is 1. The second kappa shape index (κ2) is 8.47. The predicted molar refractivity (Wildman–Crippen MR) is 102 cm³/mol. The molecule has 1 atom stereocenters. The maximum absolute atomic E-state index is 13.0. The van der Waals surface area contributed by atoms with Crippen LogP contribution in [0.25, 0.3) is 11.0 Å². The van der Waals surface area contributed by atoms with E-state index in [1.165, 1.54) is 17.5 Å². The third kappa shape index (κ3) is 4.14. The highest BCUT2D eigenvalue weighted by Gasteiger charge is 2.33. The Morgan fingerprint density at radius 3 is 2.64 bits per heavy atom. The molecule has 12 heteroatoms. The Morgan fingerprint density at radius 1 is 1.25 bits per heavy atom. The molecule has 1 aromatic carbocycles. The molecule has 2 amide bonds. The van der Waals surface area contributed by atoms with Crippen LogP contribution in [0.15, 0.2) is 23.1 Å². The van der Waals surface area contributed by atoms with E-state index in [1.54, 1.807) is 24.0 Å². The van der Waals surface area contributed by atoms with Crippen LogP contribution in [0.1, 0.15) is 6.92 Å². The zero-order chi connectivity index (χ0) is 20.3. The zero-order valence-electron chi connectivity index (χ0n) is 15.5. The Hall–Kier alpha value is -2.15. The first kappa shape index (κ1) is 20.6. The number of nitrogens with zero attached hydrogens (tertiary/aromatic N) is 4. The van der Waals surface area contributed by atoms with E-state index < -0.39 is 16.1 Å². The first-order valence-corrected chi connectivity index (χ1v) is 10.8. The van der Waals surface area contributed by atoms with Gasteiger partial charge in [-0.2, -0.15) is 13.1 Å². The number of amides is 2. The van der Waals surface area contributed by atoms with Crippen LogP contribution < -0.4 is 5.32 Å². The fourth-order valence-electron chi connectivity index (χ4n) is 3.03. The van der Waals surface area contributed by atoms with Gasteiger partial charge in [-0.1, -0.05) is 6.07 Å². The molecule has 28 heavy (non-hydrogen) atoms. The van der Waals surface area contributed by atoms with Crippen LogP contribution in [-0.2, 0) is 24.3 Å². The lowest BCUT2D eigenvalue weighted by Gasteiger charge is -2.35. The number of fused-ring (bicyclic) bond motifs is 1. The van der Waals surface area contributed by atoms with Crippen molar-refractivity contribution in [3.8, 4) is 0 Å². The summed E-state index contributed by atoms with van der Waals surface area (Å²) >= 11 is 0.966. The lowest BCUT2D eigenvalue weighted by atomic mass is 10.2. The first-order valence-electron chi connectivity index (χ1n) is 8.63. The van der Waals surface area contributed by atoms with Gasteiger partial charge in [0.05, 0.1) is 11.7 Å². The van der Waals surface area contributed by atoms with Crippen molar-refractivity contribution >= 4 is 44.6 Å². The van der Waals surface area contributed by atoms with Gasteiger partial charge in [-0.3, -0.25) is 9.59 Å². The average molecular weight is 428 g/mol. The molecular formula is C16H21N5O5S2. The molecule has 1 aromatic heterocycles. The minimum Gasteiger partial charge on any atom is -0.375 e. The average Bonchev–Trinajstić information content (AvgIpc) is 3.16. The molecule has 3 rings (SSSR count). The minimum absolute atomic E-state index is 0.124. The molecule has 0 unspecified atom stereocenters. The standard InChI is InChI=1S/C16H21N5O5S2/c1-11(17-14(22)10-26-2)16(23)20-6-8-21(9-7-20)28(24,25)13-5-3-4-12-15(13)19-27-18-12/h3-5,11H,6-10H2,1-2H3,(H,17,22)/t11-/m0/s1. The summed E-state index contributed by atoms with van der Waals surface area (Å²) in [7, 11) is -2.34. The summed E-state index contributed by atoms with van der Waals surface area (Å²) in [6, 6.07) is 4.17. The molecular weight excluding hydrogens is 406 g/mol. The second-order valence-corrected chi connectivity index (χ2v) is 8.77. The summed E-state index contributed by atoms with van der Waals surface area (Å²) in [5.74, 6) is -0.637. The Bertz CT molecular complexity index is 969. The van der Waals surface area contributed by atoms with Crippen molar-refractivity contribution in [3.63, 3.8) is 0 Å². The van der Waals surface area contributed by atoms with Crippen LogP contribution in [0.3, 0.4) is 0 Å². The van der Waals surface area contributed by atoms with E-state index >= 15 is 0 Å². The molecule has 1 aliphatic heterocycles. The molecule has 10 nitrogen and oxygen atoms in total. The molecule has 0 spiro atoms. The predicted octanol–water partition coefficient (Wildman–Crippen LogP) is -0.325. The number of hydrogen-bond donors (Lipinski definition) is 1. The van der Waals surface area contributed by atoms with Gasteiger partial charge in [0.2, 0.25) is 21.8 Å². The fraction of sp³-hybridized carbons (Fsp3) is 0.500. The van der Waals surface area contributed by atoms with E-state index in [2.05, 4.69) is 14.1 Å². The number of carbonyl (C=O) groups excluding carboxylic acids is 2. The van der Waals surface area contributed by atoms with E-state index in [0.717, 1.165) is 11.7 Å². The van der Waals surface area contributed by atoms with Crippen LogP contribution in [0, 0.1) is 0 Å². The maximum atomic E-state index is 13.0. The summed E-state index contributed by atoms with van der Waals surface area (Å²) in [5, 5.41) is 2.56. The van der Waals surface area contributed by atoms with Crippen LogP contribution in [0.5, 0.6) is 0 Å². The summed E-state index contributed by atoms with van der Waals surface area (Å²) in [6.45, 7) is 2.29. The number of methoxy groups -OCH3 is 1. The van der Waals surface area contributed by atoms with Gasteiger partial charge in [-0.25, -0.2) is 8.42 Å². The molecule has 152 valence electrons. The van der Waals surface area contributed by atoms with Gasteiger partial charge in [0.15, 0.2) is 0 Å².